The lowest BCUT2D eigenvalue weighted by molar-refractivity contribution is -0.202. The summed E-state index contributed by atoms with van der Waals surface area (Å²) in [7, 11) is -3.03. The van der Waals surface area contributed by atoms with Crippen LogP contribution in [-0.2, 0) is 23.4 Å². The fourth-order valence-corrected chi connectivity index (χ4v) is 6.55. The third-order valence-electron chi connectivity index (χ3n) is 7.21. The monoisotopic (exact) mass is 648 g/mol. The van der Waals surface area contributed by atoms with Crippen LogP contribution in [0.4, 0.5) is 14.6 Å². The van der Waals surface area contributed by atoms with Crippen LogP contribution in [0.5, 0.6) is 5.75 Å². The number of nitrogens with one attached hydrogen (secondary N) is 2. The van der Waals surface area contributed by atoms with Crippen LogP contribution in [0.3, 0.4) is 0 Å². The van der Waals surface area contributed by atoms with Gasteiger partial charge >= 0.3 is 13.7 Å². The number of alkyl halides is 2. The van der Waals surface area contributed by atoms with E-state index in [1.165, 1.54) is 19.3 Å². The van der Waals surface area contributed by atoms with E-state index in [9.17, 15) is 14.5 Å². The van der Waals surface area contributed by atoms with E-state index >= 15 is 8.78 Å². The van der Waals surface area contributed by atoms with Gasteiger partial charge in [0.25, 0.3) is 5.85 Å². The van der Waals surface area contributed by atoms with Crippen molar-refractivity contribution in [1.29, 1.82) is 0 Å². The van der Waals surface area contributed by atoms with E-state index in [1.54, 1.807) is 64.2 Å². The van der Waals surface area contributed by atoms with Gasteiger partial charge in [-0.2, -0.15) is 5.09 Å². The van der Waals surface area contributed by atoms with Gasteiger partial charge in [-0.25, -0.2) is 28.3 Å². The molecule has 0 saturated carbocycles. The molecular weight excluding hydrogens is 613 g/mol. The topological polar surface area (TPSA) is 159 Å². The van der Waals surface area contributed by atoms with Gasteiger partial charge in [-0.05, 0) is 46.1 Å². The number of esters is 1. The summed E-state index contributed by atoms with van der Waals surface area (Å²) in [6.07, 6.45) is -3.47. The summed E-state index contributed by atoms with van der Waals surface area (Å²) in [6, 6.07) is 10.8. The number of aliphatic hydroxyl groups excluding tert-OH is 1. The van der Waals surface area contributed by atoms with Crippen molar-refractivity contribution in [2.45, 2.75) is 70.6 Å². The Labute approximate surface area is 257 Å². The smallest absolute Gasteiger partial charge is 0.459 e. The average Bonchev–Trinajstić information content (AvgIpc) is 3.48. The Bertz CT molecular complexity index is 1770. The number of aryl methyl sites for hydroxylation is 1. The van der Waals surface area contributed by atoms with Crippen LogP contribution in [0.2, 0.25) is 0 Å². The van der Waals surface area contributed by atoms with E-state index in [-0.39, 0.29) is 16.9 Å². The molecule has 2 aromatic heterocycles. The van der Waals surface area contributed by atoms with Crippen LogP contribution in [0.15, 0.2) is 48.8 Å². The number of fused-ring (bicyclic) bond motifs is 2. The number of halogens is 2. The Hall–Kier alpha value is -3.75. The van der Waals surface area contributed by atoms with Gasteiger partial charge in [0.15, 0.2) is 35.0 Å². The van der Waals surface area contributed by atoms with Gasteiger partial charge in [-0.15, -0.1) is 0 Å². The van der Waals surface area contributed by atoms with Gasteiger partial charge in [0, 0.05) is 12.4 Å². The van der Waals surface area contributed by atoms with E-state index in [0.717, 1.165) is 16.9 Å². The first-order chi connectivity index (χ1) is 21.2. The molecule has 0 unspecified atom stereocenters. The molecule has 3 N–H and O–H groups in total. The molecule has 0 bridgehead atoms. The van der Waals surface area contributed by atoms with Crippen molar-refractivity contribution in [2.75, 3.05) is 19.0 Å². The number of ether oxygens (including phenoxy) is 2. The maximum Gasteiger partial charge on any atom is 0.459 e. The summed E-state index contributed by atoms with van der Waals surface area (Å²) >= 11 is 0. The molecule has 0 spiro atoms. The van der Waals surface area contributed by atoms with Crippen molar-refractivity contribution in [3.05, 3.63) is 54.6 Å². The fraction of sp³-hybridized carbons (Fsp3) is 0.448. The van der Waals surface area contributed by atoms with E-state index in [0.29, 0.717) is 17.0 Å². The minimum absolute atomic E-state index is 0.0997. The third-order valence-corrected chi connectivity index (χ3v) is 8.82. The maximum absolute atomic E-state index is 16.4. The fourth-order valence-electron chi connectivity index (χ4n) is 5.03. The van der Waals surface area contributed by atoms with Crippen LogP contribution < -0.4 is 14.9 Å². The molecule has 2 aromatic carbocycles. The number of benzene rings is 2. The van der Waals surface area contributed by atoms with Crippen molar-refractivity contribution in [2.24, 2.45) is 0 Å². The quantitative estimate of drug-likeness (QED) is 0.152. The molecular formula is C29H35F2N6O7P. The highest BCUT2D eigenvalue weighted by molar-refractivity contribution is 7.52. The maximum atomic E-state index is 16.4. The van der Waals surface area contributed by atoms with Crippen molar-refractivity contribution in [1.82, 2.24) is 24.6 Å². The number of aliphatic hydroxyl groups is 1. The molecule has 4 aromatic rings. The van der Waals surface area contributed by atoms with Crippen molar-refractivity contribution < 1.29 is 41.8 Å². The summed E-state index contributed by atoms with van der Waals surface area (Å²) in [6.45, 7) is 5.95. The summed E-state index contributed by atoms with van der Waals surface area (Å²) in [5.74, 6) is -3.23. The highest BCUT2D eigenvalue weighted by atomic mass is 31.2. The second-order valence-corrected chi connectivity index (χ2v) is 12.9. The van der Waals surface area contributed by atoms with E-state index in [1.807, 2.05) is 0 Å². The molecule has 1 fully saturated rings. The molecule has 1 aliphatic heterocycles. The molecule has 13 nitrogen and oxygen atoms in total. The number of aromatic nitrogens is 4. The van der Waals surface area contributed by atoms with Crippen molar-refractivity contribution in [3.63, 3.8) is 0 Å². The Morgan fingerprint density at radius 2 is 1.89 bits per heavy atom. The van der Waals surface area contributed by atoms with Crippen LogP contribution in [-0.4, -0.2) is 74.0 Å². The highest BCUT2D eigenvalue weighted by Gasteiger charge is 2.65. The minimum Gasteiger partial charge on any atom is -0.462 e. The number of imidazole rings is 1. The van der Waals surface area contributed by atoms with Gasteiger partial charge in [0.2, 0.25) is 0 Å². The van der Waals surface area contributed by atoms with E-state index in [4.69, 9.17) is 18.5 Å². The van der Waals surface area contributed by atoms with Crippen LogP contribution >= 0.6 is 7.75 Å². The Morgan fingerprint density at radius 3 is 2.60 bits per heavy atom. The van der Waals surface area contributed by atoms with Gasteiger partial charge in [-0.1, -0.05) is 36.4 Å². The molecule has 6 atom stereocenters. The summed E-state index contributed by atoms with van der Waals surface area (Å²) in [4.78, 5) is 25.3. The predicted octanol–water partition coefficient (Wildman–Crippen LogP) is 4.75. The lowest BCUT2D eigenvalue weighted by Gasteiger charge is -2.28. The lowest BCUT2D eigenvalue weighted by atomic mass is 9.97. The molecule has 16 heteroatoms. The van der Waals surface area contributed by atoms with Gasteiger partial charge in [-0.3, -0.25) is 13.9 Å². The molecule has 0 amide bonds. The first kappa shape index (κ1) is 32.6. The number of anilines is 1. The first-order valence-electron chi connectivity index (χ1n) is 14.2. The molecule has 0 radical (unpaired) electrons. The molecule has 0 aliphatic carbocycles. The van der Waals surface area contributed by atoms with Gasteiger partial charge in [0.1, 0.15) is 24.2 Å². The third kappa shape index (κ3) is 6.36. The van der Waals surface area contributed by atoms with E-state index < -0.39 is 56.3 Å². The zero-order valence-corrected chi connectivity index (χ0v) is 26.4. The number of nitrogens with zero attached hydrogens (tertiary/aromatic N) is 4. The second kappa shape index (κ2) is 12.2. The molecule has 5 rings (SSSR count). The number of hydrogen-bond donors (Lipinski definition) is 3. The van der Waals surface area contributed by atoms with Crippen LogP contribution in [0.25, 0.3) is 21.9 Å². The summed E-state index contributed by atoms with van der Waals surface area (Å²) < 4.78 is 69.9. The van der Waals surface area contributed by atoms with Gasteiger partial charge < -0.3 is 24.4 Å². The van der Waals surface area contributed by atoms with Crippen molar-refractivity contribution in [3.8, 4) is 5.75 Å². The molecule has 3 heterocycles. The van der Waals surface area contributed by atoms with Gasteiger partial charge in [0.05, 0.1) is 12.4 Å². The SMILES string of the molecule is CNc1nc(C)nc2c1ncn2[C@@H]1O[C@](F)(CO[P@@](=O)(N[C@H](C)C(=O)OC(C)C)Oc2cccc3ccccc23)[C@@H](O)[C@@]1(C)F. The molecule has 242 valence electrons. The number of rotatable bonds is 11. The van der Waals surface area contributed by atoms with Crippen molar-refractivity contribution >= 4 is 41.5 Å². The number of hydrogen-bond acceptors (Lipinski definition) is 11. The lowest BCUT2D eigenvalue weighted by Crippen LogP contribution is -2.47. The molecule has 45 heavy (non-hydrogen) atoms. The van der Waals surface area contributed by atoms with Crippen LogP contribution in [0, 0.1) is 6.92 Å². The van der Waals surface area contributed by atoms with E-state index in [2.05, 4.69) is 25.4 Å². The standard InChI is InChI=1S/C29H35F2N6O7P/c1-16(2)42-25(38)17(3)36-45(40,44-21-13-9-11-19-10-7-8-12-20(19)21)41-14-29(31)26(39)28(5,30)27(43-29)37-15-33-22-23(32-6)34-18(4)35-24(22)37/h7-13,15-17,26-27,39H,14H2,1-6H3,(H,36,40)(H,32,34,35)/t17-,26+,27-,28-,29-,45+/m1/s1. The Balaban J connectivity index is 1.45. The first-order valence-corrected chi connectivity index (χ1v) is 15.7. The number of carbonyl (C=O) groups excluding carboxylic acids is 1. The zero-order chi connectivity index (χ0) is 32.7. The second-order valence-electron chi connectivity index (χ2n) is 11.2. The summed E-state index contributed by atoms with van der Waals surface area (Å²) in [5.41, 5.74) is -2.35. The minimum atomic E-state index is -4.65. The summed E-state index contributed by atoms with van der Waals surface area (Å²) in [5, 5.41) is 17.6. The Kier molecular flexibility index (Phi) is 8.86. The predicted molar refractivity (Wildman–Crippen MR) is 161 cm³/mol. The number of carbonyl (C=O) groups is 1. The normalized spacial score (nSPS) is 25.4. The zero-order valence-electron chi connectivity index (χ0n) is 25.5. The highest BCUT2D eigenvalue weighted by Crippen LogP contribution is 2.52. The largest absolute Gasteiger partial charge is 0.462 e. The Morgan fingerprint density at radius 1 is 1.18 bits per heavy atom. The average molecular weight is 649 g/mol. The van der Waals surface area contributed by atoms with Crippen LogP contribution in [0.1, 0.15) is 39.7 Å². The molecule has 1 aliphatic rings. The molecule has 1 saturated heterocycles.